The molecule has 1 saturated heterocycles. The van der Waals surface area contributed by atoms with Gasteiger partial charge < -0.3 is 4.90 Å². The summed E-state index contributed by atoms with van der Waals surface area (Å²) in [4.78, 5) is 22.0. The standard InChI is InChI=1S/C18H26N4OS/c1-13-17(24-14(2)20-13)18(23)22-10-8-21(9-11-22)16(12-19)15-6-4-3-5-7-15/h15-16H,3-11H2,1-2H3/t16-/m0/s1. The van der Waals surface area contributed by atoms with Gasteiger partial charge in [0.1, 0.15) is 10.9 Å². The fourth-order valence-electron chi connectivity index (χ4n) is 4.01. The Bertz CT molecular complexity index is 621. The van der Waals surface area contributed by atoms with Gasteiger partial charge in [-0.25, -0.2) is 4.98 Å². The molecule has 1 aromatic rings. The molecule has 0 aromatic carbocycles. The Morgan fingerprint density at radius 3 is 2.42 bits per heavy atom. The van der Waals surface area contributed by atoms with Gasteiger partial charge in [0, 0.05) is 26.2 Å². The Morgan fingerprint density at radius 1 is 1.21 bits per heavy atom. The predicted octanol–water partition coefficient (Wildman–Crippen LogP) is 2.99. The molecule has 0 bridgehead atoms. The molecule has 1 aliphatic heterocycles. The first kappa shape index (κ1) is 17.4. The van der Waals surface area contributed by atoms with Crippen molar-refractivity contribution in [1.82, 2.24) is 14.8 Å². The maximum Gasteiger partial charge on any atom is 0.265 e. The second-order valence-corrected chi connectivity index (χ2v) is 8.15. The van der Waals surface area contributed by atoms with Crippen molar-refractivity contribution >= 4 is 17.2 Å². The van der Waals surface area contributed by atoms with Crippen molar-refractivity contribution in [1.29, 1.82) is 5.26 Å². The minimum absolute atomic E-state index is 0.0231. The van der Waals surface area contributed by atoms with Gasteiger partial charge >= 0.3 is 0 Å². The van der Waals surface area contributed by atoms with Crippen LogP contribution in [0.15, 0.2) is 0 Å². The smallest absolute Gasteiger partial charge is 0.265 e. The molecule has 1 saturated carbocycles. The highest BCUT2D eigenvalue weighted by atomic mass is 32.1. The van der Waals surface area contributed by atoms with Crippen LogP contribution in [-0.2, 0) is 0 Å². The van der Waals surface area contributed by atoms with Crippen LogP contribution in [-0.4, -0.2) is 52.9 Å². The molecule has 0 radical (unpaired) electrons. The number of amides is 1. The van der Waals surface area contributed by atoms with Gasteiger partial charge in [-0.1, -0.05) is 19.3 Å². The maximum atomic E-state index is 12.7. The van der Waals surface area contributed by atoms with Crippen LogP contribution in [0.1, 0.15) is 52.5 Å². The van der Waals surface area contributed by atoms with Gasteiger partial charge in [0.15, 0.2) is 0 Å². The van der Waals surface area contributed by atoms with Crippen molar-refractivity contribution in [3.63, 3.8) is 0 Å². The molecule has 1 atom stereocenters. The lowest BCUT2D eigenvalue weighted by molar-refractivity contribution is 0.0542. The van der Waals surface area contributed by atoms with Crippen molar-refractivity contribution in [2.45, 2.75) is 52.0 Å². The molecule has 0 unspecified atom stereocenters. The molecular weight excluding hydrogens is 320 g/mol. The van der Waals surface area contributed by atoms with E-state index in [1.165, 1.54) is 43.4 Å². The molecule has 6 heteroatoms. The zero-order valence-corrected chi connectivity index (χ0v) is 15.4. The summed E-state index contributed by atoms with van der Waals surface area (Å²) < 4.78 is 0. The van der Waals surface area contributed by atoms with Gasteiger partial charge in [-0.05, 0) is 32.6 Å². The maximum absolute atomic E-state index is 12.7. The first-order valence-corrected chi connectivity index (χ1v) is 9.78. The fourth-order valence-corrected chi connectivity index (χ4v) is 4.90. The van der Waals surface area contributed by atoms with Gasteiger partial charge in [0.2, 0.25) is 0 Å². The lowest BCUT2D eigenvalue weighted by Gasteiger charge is -2.40. The third-order valence-electron chi connectivity index (χ3n) is 5.32. The summed E-state index contributed by atoms with van der Waals surface area (Å²) in [7, 11) is 0. The number of carbonyl (C=O) groups is 1. The normalized spacial score (nSPS) is 21.5. The van der Waals surface area contributed by atoms with Crippen molar-refractivity contribution in [2.24, 2.45) is 5.92 Å². The number of piperazine rings is 1. The molecule has 2 aliphatic rings. The number of rotatable bonds is 3. The van der Waals surface area contributed by atoms with E-state index < -0.39 is 0 Å². The molecule has 3 rings (SSSR count). The summed E-state index contributed by atoms with van der Waals surface area (Å²) in [6.07, 6.45) is 6.18. The van der Waals surface area contributed by atoms with Crippen LogP contribution >= 0.6 is 11.3 Å². The van der Waals surface area contributed by atoms with Gasteiger partial charge in [-0.15, -0.1) is 11.3 Å². The third-order valence-corrected chi connectivity index (χ3v) is 6.38. The van der Waals surface area contributed by atoms with Crippen LogP contribution in [0, 0.1) is 31.1 Å². The van der Waals surface area contributed by atoms with Gasteiger partial charge in [0.05, 0.1) is 16.8 Å². The van der Waals surface area contributed by atoms with Crippen LogP contribution < -0.4 is 0 Å². The molecular formula is C18H26N4OS. The largest absolute Gasteiger partial charge is 0.335 e. The zero-order chi connectivity index (χ0) is 17.1. The lowest BCUT2D eigenvalue weighted by atomic mass is 9.83. The van der Waals surface area contributed by atoms with Gasteiger partial charge in [-0.2, -0.15) is 5.26 Å². The molecule has 0 N–H and O–H groups in total. The van der Waals surface area contributed by atoms with E-state index in [0.717, 1.165) is 28.7 Å². The number of nitriles is 1. The quantitative estimate of drug-likeness (QED) is 0.844. The van der Waals surface area contributed by atoms with Crippen LogP contribution in [0.4, 0.5) is 0 Å². The van der Waals surface area contributed by atoms with Gasteiger partial charge in [0.25, 0.3) is 5.91 Å². The van der Waals surface area contributed by atoms with E-state index in [-0.39, 0.29) is 11.9 Å². The minimum atomic E-state index is 0.0231. The molecule has 5 nitrogen and oxygen atoms in total. The molecule has 130 valence electrons. The summed E-state index contributed by atoms with van der Waals surface area (Å²) in [5, 5.41) is 10.6. The van der Waals surface area contributed by atoms with E-state index >= 15 is 0 Å². The second-order valence-electron chi connectivity index (χ2n) is 6.95. The number of aromatic nitrogens is 1. The van der Waals surface area contributed by atoms with E-state index in [4.69, 9.17) is 0 Å². The van der Waals surface area contributed by atoms with Crippen LogP contribution in [0.25, 0.3) is 0 Å². The second kappa shape index (κ2) is 7.62. The molecule has 2 fully saturated rings. The molecule has 24 heavy (non-hydrogen) atoms. The Labute approximate surface area is 148 Å². The van der Waals surface area contributed by atoms with Crippen molar-refractivity contribution in [3.8, 4) is 6.07 Å². The molecule has 1 amide bonds. The highest BCUT2D eigenvalue weighted by molar-refractivity contribution is 7.13. The zero-order valence-electron chi connectivity index (χ0n) is 14.6. The Hall–Kier alpha value is -1.45. The number of nitrogens with zero attached hydrogens (tertiary/aromatic N) is 4. The van der Waals surface area contributed by atoms with Crippen molar-refractivity contribution in [3.05, 3.63) is 15.6 Å². The highest BCUT2D eigenvalue weighted by Crippen LogP contribution is 2.29. The number of aryl methyl sites for hydroxylation is 2. The fraction of sp³-hybridized carbons (Fsp3) is 0.722. The van der Waals surface area contributed by atoms with E-state index in [2.05, 4.69) is 16.0 Å². The topological polar surface area (TPSA) is 60.2 Å². The SMILES string of the molecule is Cc1nc(C)c(C(=O)N2CCN([C@@H](C#N)C3CCCCC3)CC2)s1. The summed E-state index contributed by atoms with van der Waals surface area (Å²) in [5.74, 6) is 0.612. The van der Waals surface area contributed by atoms with Crippen LogP contribution in [0.5, 0.6) is 0 Å². The predicted molar refractivity (Wildman–Crippen MR) is 95.0 cm³/mol. The summed E-state index contributed by atoms with van der Waals surface area (Å²) in [6.45, 7) is 6.87. The first-order valence-electron chi connectivity index (χ1n) is 8.97. The monoisotopic (exact) mass is 346 g/mol. The van der Waals surface area contributed by atoms with Gasteiger partial charge in [-0.3, -0.25) is 9.69 Å². The first-order chi connectivity index (χ1) is 11.6. The molecule has 0 spiro atoms. The minimum Gasteiger partial charge on any atom is -0.335 e. The van der Waals surface area contributed by atoms with Crippen LogP contribution in [0.3, 0.4) is 0 Å². The average Bonchev–Trinajstić information content (AvgIpc) is 2.95. The van der Waals surface area contributed by atoms with E-state index in [9.17, 15) is 10.1 Å². The number of hydrogen-bond donors (Lipinski definition) is 0. The molecule has 1 aromatic heterocycles. The number of carbonyl (C=O) groups excluding carboxylic acids is 1. The van der Waals surface area contributed by atoms with Crippen molar-refractivity contribution < 1.29 is 4.79 Å². The van der Waals surface area contributed by atoms with E-state index in [1.54, 1.807) is 0 Å². The summed E-state index contributed by atoms with van der Waals surface area (Å²) in [5.41, 5.74) is 0.835. The Morgan fingerprint density at radius 2 is 1.88 bits per heavy atom. The van der Waals surface area contributed by atoms with Crippen molar-refractivity contribution in [2.75, 3.05) is 26.2 Å². The molecule has 1 aliphatic carbocycles. The van der Waals surface area contributed by atoms with E-state index in [0.29, 0.717) is 19.0 Å². The average molecular weight is 347 g/mol. The third kappa shape index (κ3) is 3.62. The van der Waals surface area contributed by atoms with E-state index in [1.807, 2.05) is 18.7 Å². The Balaban J connectivity index is 1.59. The highest BCUT2D eigenvalue weighted by Gasteiger charge is 2.32. The van der Waals surface area contributed by atoms with Crippen LogP contribution in [0.2, 0.25) is 0 Å². The summed E-state index contributed by atoms with van der Waals surface area (Å²) >= 11 is 1.48. The number of hydrogen-bond acceptors (Lipinski definition) is 5. The molecule has 2 heterocycles. The summed E-state index contributed by atoms with van der Waals surface area (Å²) in [6, 6.07) is 2.57. The lowest BCUT2D eigenvalue weighted by Crippen LogP contribution is -2.53. The Kier molecular flexibility index (Phi) is 5.52. The number of thiazole rings is 1.